The Morgan fingerprint density at radius 2 is 1.93 bits per heavy atom. The third-order valence-corrected chi connectivity index (χ3v) is 5.55. The summed E-state index contributed by atoms with van der Waals surface area (Å²) < 4.78 is 11.8. The maximum absolute atomic E-state index is 6.02. The molecule has 0 aromatic heterocycles. The van der Waals surface area contributed by atoms with Crippen LogP contribution in [0.1, 0.15) is 32.3 Å². The molecule has 7 heteroatoms. The lowest BCUT2D eigenvalue weighted by atomic mass is 9.84. The normalized spacial score (nSPS) is 23.9. The van der Waals surface area contributed by atoms with Crippen molar-refractivity contribution in [2.24, 2.45) is 4.99 Å². The quantitative estimate of drug-likeness (QED) is 0.384. The fourth-order valence-electron chi connectivity index (χ4n) is 3.62. The van der Waals surface area contributed by atoms with Crippen molar-refractivity contribution in [1.82, 2.24) is 10.2 Å². The SMILES string of the molecule is CN=C(NCC(C)(C)c1ccc(Cl)cc1)N1CCOC(C2CCCO2)C1.I. The van der Waals surface area contributed by atoms with Crippen LogP contribution in [0, 0.1) is 0 Å². The van der Waals surface area contributed by atoms with Crippen molar-refractivity contribution in [3.63, 3.8) is 0 Å². The Bertz CT molecular complexity index is 618. The van der Waals surface area contributed by atoms with Crippen LogP contribution in [0.15, 0.2) is 29.3 Å². The van der Waals surface area contributed by atoms with E-state index in [9.17, 15) is 0 Å². The molecule has 0 bridgehead atoms. The van der Waals surface area contributed by atoms with E-state index in [-0.39, 0.29) is 41.6 Å². The van der Waals surface area contributed by atoms with E-state index in [1.165, 1.54) is 5.56 Å². The number of ether oxygens (including phenoxy) is 2. The zero-order valence-corrected chi connectivity index (χ0v) is 19.5. The first-order valence-corrected chi connectivity index (χ1v) is 9.82. The zero-order chi connectivity index (χ0) is 18.6. The predicted molar refractivity (Wildman–Crippen MR) is 122 cm³/mol. The minimum Gasteiger partial charge on any atom is -0.375 e. The Labute approximate surface area is 184 Å². The van der Waals surface area contributed by atoms with Crippen molar-refractivity contribution >= 4 is 41.5 Å². The first kappa shape index (κ1) is 22.7. The molecular weight excluding hydrogens is 477 g/mol. The molecule has 0 aliphatic carbocycles. The van der Waals surface area contributed by atoms with E-state index in [0.29, 0.717) is 6.61 Å². The number of hydrogen-bond acceptors (Lipinski definition) is 3. The summed E-state index contributed by atoms with van der Waals surface area (Å²) in [6.45, 7) is 8.49. The molecule has 27 heavy (non-hydrogen) atoms. The predicted octanol–water partition coefficient (Wildman–Crippen LogP) is 3.69. The molecule has 1 aromatic carbocycles. The van der Waals surface area contributed by atoms with E-state index < -0.39 is 0 Å². The summed E-state index contributed by atoms with van der Waals surface area (Å²) in [5.41, 5.74) is 1.23. The Balaban J connectivity index is 0.00000261. The average molecular weight is 508 g/mol. The fourth-order valence-corrected chi connectivity index (χ4v) is 3.75. The third kappa shape index (κ3) is 5.95. The summed E-state index contributed by atoms with van der Waals surface area (Å²) in [4.78, 5) is 6.78. The highest BCUT2D eigenvalue weighted by molar-refractivity contribution is 14.0. The van der Waals surface area contributed by atoms with Gasteiger partial charge in [0.05, 0.1) is 12.7 Å². The lowest BCUT2D eigenvalue weighted by Gasteiger charge is -2.38. The van der Waals surface area contributed by atoms with E-state index in [1.807, 2.05) is 19.2 Å². The van der Waals surface area contributed by atoms with Crippen LogP contribution in [0.5, 0.6) is 0 Å². The molecule has 2 heterocycles. The van der Waals surface area contributed by atoms with Crippen LogP contribution in [0.2, 0.25) is 5.02 Å². The molecule has 2 aliphatic rings. The Morgan fingerprint density at radius 3 is 2.56 bits per heavy atom. The molecule has 0 spiro atoms. The van der Waals surface area contributed by atoms with Gasteiger partial charge in [-0.05, 0) is 30.5 Å². The van der Waals surface area contributed by atoms with Crippen LogP contribution in [-0.4, -0.2) is 63.0 Å². The molecule has 5 nitrogen and oxygen atoms in total. The topological polar surface area (TPSA) is 46.1 Å². The first-order valence-electron chi connectivity index (χ1n) is 9.44. The lowest BCUT2D eigenvalue weighted by Crippen LogP contribution is -2.54. The second-order valence-electron chi connectivity index (χ2n) is 7.70. The molecular formula is C20H31ClIN3O2. The number of halogens is 2. The van der Waals surface area contributed by atoms with Crippen molar-refractivity contribution in [1.29, 1.82) is 0 Å². The van der Waals surface area contributed by atoms with E-state index in [1.54, 1.807) is 0 Å². The zero-order valence-electron chi connectivity index (χ0n) is 16.4. The van der Waals surface area contributed by atoms with Crippen molar-refractivity contribution in [3.05, 3.63) is 34.9 Å². The van der Waals surface area contributed by atoms with E-state index >= 15 is 0 Å². The highest BCUT2D eigenvalue weighted by Crippen LogP contribution is 2.24. The standard InChI is InChI=1S/C20H30ClN3O2.HI/c1-20(2,15-6-8-16(21)9-7-15)14-23-19(22-3)24-10-12-26-18(13-24)17-5-4-11-25-17;/h6-9,17-18H,4-5,10-14H2,1-3H3,(H,22,23);1H. The first-order chi connectivity index (χ1) is 12.5. The van der Waals surface area contributed by atoms with Crippen LogP contribution in [-0.2, 0) is 14.9 Å². The largest absolute Gasteiger partial charge is 0.375 e. The molecule has 1 N–H and O–H groups in total. The molecule has 2 fully saturated rings. The lowest BCUT2D eigenvalue weighted by molar-refractivity contribution is -0.0817. The summed E-state index contributed by atoms with van der Waals surface area (Å²) in [5, 5.41) is 4.32. The van der Waals surface area contributed by atoms with Crippen LogP contribution in [0.3, 0.4) is 0 Å². The van der Waals surface area contributed by atoms with Crippen LogP contribution in [0.25, 0.3) is 0 Å². The van der Waals surface area contributed by atoms with E-state index in [2.05, 4.69) is 41.2 Å². The van der Waals surface area contributed by atoms with Crippen molar-refractivity contribution in [2.75, 3.05) is 39.9 Å². The molecule has 2 aliphatic heterocycles. The van der Waals surface area contributed by atoms with Gasteiger partial charge >= 0.3 is 0 Å². The highest BCUT2D eigenvalue weighted by atomic mass is 127. The number of hydrogen-bond donors (Lipinski definition) is 1. The van der Waals surface area contributed by atoms with Crippen molar-refractivity contribution in [3.8, 4) is 0 Å². The highest BCUT2D eigenvalue weighted by Gasteiger charge is 2.32. The minimum absolute atomic E-state index is 0. The summed E-state index contributed by atoms with van der Waals surface area (Å²) in [7, 11) is 1.84. The van der Waals surface area contributed by atoms with Crippen LogP contribution < -0.4 is 5.32 Å². The monoisotopic (exact) mass is 507 g/mol. The molecule has 3 rings (SSSR count). The maximum Gasteiger partial charge on any atom is 0.193 e. The Hall–Kier alpha value is -0.570. The summed E-state index contributed by atoms with van der Waals surface area (Å²) in [6, 6.07) is 8.08. The fraction of sp³-hybridized carbons (Fsp3) is 0.650. The van der Waals surface area contributed by atoms with Gasteiger partial charge in [-0.3, -0.25) is 4.99 Å². The van der Waals surface area contributed by atoms with Gasteiger partial charge in [0.2, 0.25) is 0 Å². The van der Waals surface area contributed by atoms with Gasteiger partial charge in [0.15, 0.2) is 5.96 Å². The summed E-state index contributed by atoms with van der Waals surface area (Å²) in [5.74, 6) is 0.929. The van der Waals surface area contributed by atoms with Gasteiger partial charge in [-0.25, -0.2) is 0 Å². The maximum atomic E-state index is 6.02. The smallest absolute Gasteiger partial charge is 0.193 e. The third-order valence-electron chi connectivity index (χ3n) is 5.30. The second-order valence-corrected chi connectivity index (χ2v) is 8.13. The number of nitrogens with one attached hydrogen (secondary N) is 1. The van der Waals surface area contributed by atoms with E-state index in [4.69, 9.17) is 21.1 Å². The Morgan fingerprint density at radius 1 is 1.22 bits per heavy atom. The minimum atomic E-state index is -0.0270. The van der Waals surface area contributed by atoms with Gasteiger partial charge in [0.25, 0.3) is 0 Å². The van der Waals surface area contributed by atoms with Gasteiger partial charge in [0.1, 0.15) is 6.10 Å². The number of benzene rings is 1. The molecule has 0 saturated carbocycles. The van der Waals surface area contributed by atoms with Gasteiger partial charge in [-0.2, -0.15) is 0 Å². The number of nitrogens with zero attached hydrogens (tertiary/aromatic N) is 2. The second kappa shape index (κ2) is 10.3. The van der Waals surface area contributed by atoms with Gasteiger partial charge in [-0.15, -0.1) is 24.0 Å². The molecule has 152 valence electrons. The molecule has 2 saturated heterocycles. The van der Waals surface area contributed by atoms with Gasteiger partial charge in [0, 0.05) is 43.7 Å². The van der Waals surface area contributed by atoms with Crippen molar-refractivity contribution < 1.29 is 9.47 Å². The van der Waals surface area contributed by atoms with Crippen LogP contribution >= 0.6 is 35.6 Å². The van der Waals surface area contributed by atoms with Crippen molar-refractivity contribution in [2.45, 2.75) is 44.3 Å². The molecule has 2 unspecified atom stereocenters. The van der Waals surface area contributed by atoms with Gasteiger partial charge < -0.3 is 19.7 Å². The molecule has 0 radical (unpaired) electrons. The molecule has 2 atom stereocenters. The number of morpholine rings is 1. The number of aliphatic imine (C=N–C) groups is 1. The Kier molecular flexibility index (Phi) is 8.65. The van der Waals surface area contributed by atoms with Crippen LogP contribution in [0.4, 0.5) is 0 Å². The number of rotatable bonds is 4. The molecule has 1 aromatic rings. The van der Waals surface area contributed by atoms with E-state index in [0.717, 1.165) is 50.1 Å². The van der Waals surface area contributed by atoms with Gasteiger partial charge in [-0.1, -0.05) is 37.6 Å². The summed E-state index contributed by atoms with van der Waals surface area (Å²) in [6.07, 6.45) is 2.58. The molecule has 0 amide bonds. The summed E-state index contributed by atoms with van der Waals surface area (Å²) >= 11 is 6.02. The number of guanidine groups is 1. The average Bonchev–Trinajstić information content (AvgIpc) is 3.17.